The normalized spacial score (nSPS) is 12.3. The number of nitrogens with zero attached hydrogens (tertiary/aromatic N) is 4. The third-order valence-corrected chi connectivity index (χ3v) is 5.36. The van der Waals surface area contributed by atoms with Crippen LogP contribution in [0.4, 0.5) is 4.39 Å². The van der Waals surface area contributed by atoms with Crippen LogP contribution >= 0.6 is 15.9 Å². The highest BCUT2D eigenvalue weighted by Crippen LogP contribution is 2.32. The molecule has 0 aliphatic carbocycles. The molecule has 0 fully saturated rings. The van der Waals surface area contributed by atoms with Crippen LogP contribution in [0.3, 0.4) is 0 Å². The molecule has 8 heteroatoms. The Bertz CT molecular complexity index is 1280. The van der Waals surface area contributed by atoms with Gasteiger partial charge in [-0.3, -0.25) is 4.79 Å². The van der Waals surface area contributed by atoms with E-state index in [1.807, 2.05) is 13.0 Å². The molecule has 0 saturated heterocycles. The predicted octanol–water partition coefficient (Wildman–Crippen LogP) is 3.98. The summed E-state index contributed by atoms with van der Waals surface area (Å²) in [5.41, 5.74) is 8.55. The molecule has 0 bridgehead atoms. The van der Waals surface area contributed by atoms with Gasteiger partial charge < -0.3 is 10.3 Å². The first kappa shape index (κ1) is 19.4. The molecule has 4 rings (SSSR count). The first-order valence-corrected chi connectivity index (χ1v) is 9.68. The fourth-order valence-corrected chi connectivity index (χ4v) is 3.73. The second-order valence-electron chi connectivity index (χ2n) is 6.78. The van der Waals surface area contributed by atoms with Gasteiger partial charge in [-0.15, -0.1) is 0 Å². The van der Waals surface area contributed by atoms with E-state index in [9.17, 15) is 9.18 Å². The summed E-state index contributed by atoms with van der Waals surface area (Å²) in [4.78, 5) is 25.1. The second kappa shape index (κ2) is 7.46. The second-order valence-corrected chi connectivity index (χ2v) is 7.53. The maximum Gasteiger partial charge on any atom is 0.250 e. The van der Waals surface area contributed by atoms with Crippen molar-refractivity contribution in [3.63, 3.8) is 0 Å². The van der Waals surface area contributed by atoms with Crippen molar-refractivity contribution in [1.29, 1.82) is 0 Å². The minimum Gasteiger partial charge on any atom is -0.324 e. The summed E-state index contributed by atoms with van der Waals surface area (Å²) in [7, 11) is 1.67. The number of hydrogen-bond donors (Lipinski definition) is 1. The Morgan fingerprint density at radius 2 is 1.86 bits per heavy atom. The van der Waals surface area contributed by atoms with Crippen LogP contribution in [-0.4, -0.2) is 19.5 Å². The number of hydrogen-bond acceptors (Lipinski definition) is 5. The van der Waals surface area contributed by atoms with E-state index in [-0.39, 0.29) is 17.4 Å². The number of halogens is 2. The summed E-state index contributed by atoms with van der Waals surface area (Å²) >= 11 is 3.43. The van der Waals surface area contributed by atoms with Crippen molar-refractivity contribution in [2.75, 3.05) is 0 Å². The fourth-order valence-electron chi connectivity index (χ4n) is 3.21. The quantitative estimate of drug-likeness (QED) is 0.474. The number of fused-ring (bicyclic) bond motifs is 1. The Balaban J connectivity index is 1.83. The lowest BCUT2D eigenvalue weighted by Gasteiger charge is -2.13. The lowest BCUT2D eigenvalue weighted by molar-refractivity contribution is 0.625. The Morgan fingerprint density at radius 3 is 2.55 bits per heavy atom. The van der Waals surface area contributed by atoms with Crippen LogP contribution in [0.5, 0.6) is 0 Å². The van der Waals surface area contributed by atoms with Gasteiger partial charge in [-0.05, 0) is 58.1 Å². The van der Waals surface area contributed by atoms with Crippen molar-refractivity contribution in [2.45, 2.75) is 13.0 Å². The molecular weight excluding hydrogens is 437 g/mol. The van der Waals surface area contributed by atoms with Crippen LogP contribution in [0.1, 0.15) is 18.5 Å². The summed E-state index contributed by atoms with van der Waals surface area (Å²) in [5, 5.41) is 1.46. The molecule has 0 unspecified atom stereocenters. The molecule has 0 spiro atoms. The van der Waals surface area contributed by atoms with Gasteiger partial charge in [0, 0.05) is 42.5 Å². The van der Waals surface area contributed by atoms with E-state index >= 15 is 0 Å². The lowest BCUT2D eigenvalue weighted by atomic mass is 9.99. The zero-order valence-electron chi connectivity index (χ0n) is 15.7. The van der Waals surface area contributed by atoms with Crippen LogP contribution < -0.4 is 11.3 Å². The smallest absolute Gasteiger partial charge is 0.250 e. The van der Waals surface area contributed by atoms with Crippen molar-refractivity contribution in [3.05, 3.63) is 75.1 Å². The minimum atomic E-state index is -0.360. The SMILES string of the molecule is C[C@@H](N)c1cc(F)cc2c(Br)nc(-c3cnc(-c4cccc(=O)n4C)nc3)cc12. The third kappa shape index (κ3) is 3.56. The van der Waals surface area contributed by atoms with E-state index in [1.54, 1.807) is 31.6 Å². The number of benzene rings is 1. The third-order valence-electron chi connectivity index (χ3n) is 4.75. The number of pyridine rings is 2. The molecule has 146 valence electrons. The van der Waals surface area contributed by atoms with Crippen molar-refractivity contribution in [2.24, 2.45) is 12.8 Å². The summed E-state index contributed by atoms with van der Waals surface area (Å²) in [6.45, 7) is 1.81. The summed E-state index contributed by atoms with van der Waals surface area (Å²) in [6, 6.07) is 9.32. The molecule has 0 saturated carbocycles. The molecule has 2 N–H and O–H groups in total. The average molecular weight is 454 g/mol. The van der Waals surface area contributed by atoms with E-state index in [2.05, 4.69) is 30.9 Å². The van der Waals surface area contributed by atoms with Gasteiger partial charge in [0.25, 0.3) is 5.56 Å². The van der Waals surface area contributed by atoms with Gasteiger partial charge in [0.2, 0.25) is 0 Å². The van der Waals surface area contributed by atoms with Gasteiger partial charge in [0.1, 0.15) is 10.4 Å². The molecule has 4 aromatic rings. The highest BCUT2D eigenvalue weighted by atomic mass is 79.9. The first-order chi connectivity index (χ1) is 13.8. The molecule has 0 aliphatic rings. The molecule has 1 aromatic carbocycles. The van der Waals surface area contributed by atoms with Crippen LogP contribution in [0.15, 0.2) is 58.2 Å². The number of rotatable bonds is 3. The molecular formula is C21H17BrFN5O. The lowest BCUT2D eigenvalue weighted by Crippen LogP contribution is -2.17. The van der Waals surface area contributed by atoms with E-state index < -0.39 is 0 Å². The molecule has 29 heavy (non-hydrogen) atoms. The molecule has 3 aromatic heterocycles. The van der Waals surface area contributed by atoms with E-state index in [0.29, 0.717) is 38.3 Å². The van der Waals surface area contributed by atoms with Gasteiger partial charge >= 0.3 is 0 Å². The highest BCUT2D eigenvalue weighted by molar-refractivity contribution is 9.10. The molecule has 3 heterocycles. The summed E-state index contributed by atoms with van der Waals surface area (Å²) < 4.78 is 16.0. The molecule has 1 atom stereocenters. The molecule has 0 amide bonds. The van der Waals surface area contributed by atoms with Crippen LogP contribution in [0, 0.1) is 5.82 Å². The van der Waals surface area contributed by atoms with Gasteiger partial charge in [-0.25, -0.2) is 19.3 Å². The Kier molecular flexibility index (Phi) is 4.97. The topological polar surface area (TPSA) is 86.7 Å². The standard InChI is InChI=1S/C21H17BrFN5O/c1-11(24)14-6-13(23)7-16-15(14)8-17(27-20(16)22)12-9-25-21(26-10-12)18-4-3-5-19(29)28(18)2/h3-11H,24H2,1-2H3/t11-/m1/s1. The maximum atomic E-state index is 14.0. The summed E-state index contributed by atoms with van der Waals surface area (Å²) in [5.74, 6) is 0.0772. The Hall–Kier alpha value is -2.97. The van der Waals surface area contributed by atoms with E-state index in [1.165, 1.54) is 22.8 Å². The van der Waals surface area contributed by atoms with Gasteiger partial charge in [0.15, 0.2) is 5.82 Å². The highest BCUT2D eigenvalue weighted by Gasteiger charge is 2.14. The fraction of sp³-hybridized carbons (Fsp3) is 0.143. The molecule has 0 radical (unpaired) electrons. The Labute approximate surface area is 174 Å². The predicted molar refractivity (Wildman–Crippen MR) is 114 cm³/mol. The van der Waals surface area contributed by atoms with Gasteiger partial charge in [-0.2, -0.15) is 0 Å². The number of nitrogens with two attached hydrogens (primary N) is 1. The zero-order chi connectivity index (χ0) is 20.7. The van der Waals surface area contributed by atoms with Crippen molar-refractivity contribution < 1.29 is 4.39 Å². The van der Waals surface area contributed by atoms with Crippen molar-refractivity contribution >= 4 is 26.7 Å². The van der Waals surface area contributed by atoms with Crippen LogP contribution in [0.2, 0.25) is 0 Å². The van der Waals surface area contributed by atoms with Crippen molar-refractivity contribution in [3.8, 4) is 22.8 Å². The average Bonchev–Trinajstić information content (AvgIpc) is 2.70. The summed E-state index contributed by atoms with van der Waals surface area (Å²) in [6.07, 6.45) is 3.30. The molecule has 6 nitrogen and oxygen atoms in total. The Morgan fingerprint density at radius 1 is 1.14 bits per heavy atom. The maximum absolute atomic E-state index is 14.0. The van der Waals surface area contributed by atoms with Gasteiger partial charge in [0.05, 0.1) is 11.4 Å². The zero-order valence-corrected chi connectivity index (χ0v) is 17.3. The molecule has 0 aliphatic heterocycles. The van der Waals surface area contributed by atoms with E-state index in [4.69, 9.17) is 5.73 Å². The number of aromatic nitrogens is 4. The van der Waals surface area contributed by atoms with Crippen molar-refractivity contribution in [1.82, 2.24) is 19.5 Å². The van der Waals surface area contributed by atoms with Crippen LogP contribution in [0.25, 0.3) is 33.5 Å². The van der Waals surface area contributed by atoms with E-state index in [0.717, 1.165) is 5.39 Å². The van der Waals surface area contributed by atoms with Crippen LogP contribution in [-0.2, 0) is 7.05 Å². The monoisotopic (exact) mass is 453 g/mol. The minimum absolute atomic E-state index is 0.133. The first-order valence-electron chi connectivity index (χ1n) is 8.89. The largest absolute Gasteiger partial charge is 0.324 e. The van der Waals surface area contributed by atoms with Gasteiger partial charge in [-0.1, -0.05) is 6.07 Å².